The Hall–Kier alpha value is -1.96. The maximum absolute atomic E-state index is 11.0. The van der Waals surface area contributed by atoms with Crippen LogP contribution in [0.5, 0.6) is 11.5 Å². The molecule has 7 nitrogen and oxygen atoms in total. The highest BCUT2D eigenvalue weighted by Gasteiger charge is 2.12. The van der Waals surface area contributed by atoms with E-state index >= 15 is 0 Å². The molecule has 0 amide bonds. The third-order valence-electron chi connectivity index (χ3n) is 2.81. The summed E-state index contributed by atoms with van der Waals surface area (Å²) < 4.78 is 13.3. The number of hydrogen-bond donors (Lipinski definition) is 0. The normalized spacial score (nSPS) is 10.4. The molecule has 21 heavy (non-hydrogen) atoms. The van der Waals surface area contributed by atoms with Crippen molar-refractivity contribution in [3.8, 4) is 11.5 Å². The van der Waals surface area contributed by atoms with Gasteiger partial charge in [0, 0.05) is 16.6 Å². The smallest absolute Gasteiger partial charge is 0.189 e. The Balaban J connectivity index is 2.19. The van der Waals surface area contributed by atoms with Crippen LogP contribution in [0.1, 0.15) is 29.5 Å². The van der Waals surface area contributed by atoms with E-state index in [1.165, 1.54) is 7.11 Å². The fourth-order valence-electron chi connectivity index (χ4n) is 1.77. The molecule has 2 aromatic rings. The van der Waals surface area contributed by atoms with Crippen LogP contribution in [0.2, 0.25) is 0 Å². The Labute approximate surface area is 130 Å². The molecule has 8 heteroatoms. The van der Waals surface area contributed by atoms with Gasteiger partial charge in [-0.1, -0.05) is 6.92 Å². The van der Waals surface area contributed by atoms with Gasteiger partial charge in [0.05, 0.1) is 7.11 Å². The molecule has 0 radical (unpaired) electrons. The zero-order valence-corrected chi connectivity index (χ0v) is 13.3. The molecule has 2 rings (SSSR count). The van der Waals surface area contributed by atoms with Crippen molar-refractivity contribution in [2.45, 2.75) is 26.5 Å². The molecule has 0 aliphatic carbocycles. The minimum Gasteiger partial charge on any atom is -0.493 e. The lowest BCUT2D eigenvalue weighted by molar-refractivity contribution is 0.112. The number of methoxy groups -OCH3 is 1. The van der Waals surface area contributed by atoms with E-state index in [1.54, 1.807) is 16.8 Å². The largest absolute Gasteiger partial charge is 0.493 e. The van der Waals surface area contributed by atoms with Crippen molar-refractivity contribution < 1.29 is 14.3 Å². The van der Waals surface area contributed by atoms with E-state index in [0.29, 0.717) is 27.4 Å². The number of tetrazole rings is 1. The fraction of sp³-hybridized carbons (Fsp3) is 0.385. The lowest BCUT2D eigenvalue weighted by atomic mass is 10.2. The number of carbonyl (C=O) groups is 1. The Morgan fingerprint density at radius 1 is 1.38 bits per heavy atom. The van der Waals surface area contributed by atoms with Crippen LogP contribution in [0.15, 0.2) is 16.6 Å². The van der Waals surface area contributed by atoms with Gasteiger partial charge in [-0.3, -0.25) is 4.79 Å². The first kappa shape index (κ1) is 15.4. The van der Waals surface area contributed by atoms with Crippen molar-refractivity contribution in [2.75, 3.05) is 7.11 Å². The summed E-state index contributed by atoms with van der Waals surface area (Å²) >= 11 is 3.30. The fourth-order valence-corrected chi connectivity index (χ4v) is 2.18. The van der Waals surface area contributed by atoms with Crippen LogP contribution in [-0.2, 0) is 13.2 Å². The zero-order valence-electron chi connectivity index (χ0n) is 11.7. The monoisotopic (exact) mass is 354 g/mol. The average molecular weight is 355 g/mol. The number of aldehydes is 1. The third-order valence-corrected chi connectivity index (χ3v) is 3.49. The highest BCUT2D eigenvalue weighted by atomic mass is 79.9. The summed E-state index contributed by atoms with van der Waals surface area (Å²) in [5.41, 5.74) is 0.485. The van der Waals surface area contributed by atoms with Crippen molar-refractivity contribution in [1.29, 1.82) is 0 Å². The van der Waals surface area contributed by atoms with Gasteiger partial charge in [-0.25, -0.2) is 4.68 Å². The molecule has 0 saturated heterocycles. The number of halogens is 1. The number of hydrogen-bond acceptors (Lipinski definition) is 6. The number of aryl methyl sites for hydroxylation is 1. The Morgan fingerprint density at radius 2 is 2.19 bits per heavy atom. The second-order valence-corrected chi connectivity index (χ2v) is 5.10. The number of aromatic nitrogens is 4. The molecule has 0 atom stereocenters. The summed E-state index contributed by atoms with van der Waals surface area (Å²) in [6, 6.07) is 3.30. The number of benzene rings is 1. The van der Waals surface area contributed by atoms with E-state index in [2.05, 4.69) is 31.5 Å². The van der Waals surface area contributed by atoms with Crippen LogP contribution in [0.3, 0.4) is 0 Å². The standard InChI is InChI=1S/C13H15BrN4O3/c1-3-4-18-13(15-16-17-18)8-21-12-5-9(7-19)10(14)6-11(12)20-2/h5-7H,3-4,8H2,1-2H3. The molecule has 0 aliphatic heterocycles. The molecular formula is C13H15BrN4O3. The number of rotatable bonds is 7. The predicted octanol–water partition coefficient (Wildman–Crippen LogP) is 2.25. The Kier molecular flexibility index (Phi) is 5.26. The summed E-state index contributed by atoms with van der Waals surface area (Å²) in [4.78, 5) is 11.0. The maximum atomic E-state index is 11.0. The van der Waals surface area contributed by atoms with Crippen molar-refractivity contribution in [3.63, 3.8) is 0 Å². The number of nitrogens with zero attached hydrogens (tertiary/aromatic N) is 4. The van der Waals surface area contributed by atoms with Gasteiger partial charge in [-0.2, -0.15) is 0 Å². The summed E-state index contributed by atoms with van der Waals surface area (Å²) in [5.74, 6) is 1.62. The van der Waals surface area contributed by atoms with E-state index in [9.17, 15) is 4.79 Å². The van der Waals surface area contributed by atoms with E-state index < -0.39 is 0 Å². The molecule has 0 unspecified atom stereocenters. The van der Waals surface area contributed by atoms with Crippen LogP contribution in [-0.4, -0.2) is 33.6 Å². The second-order valence-electron chi connectivity index (χ2n) is 4.25. The van der Waals surface area contributed by atoms with E-state index in [-0.39, 0.29) is 6.61 Å². The average Bonchev–Trinajstić information content (AvgIpc) is 2.93. The third kappa shape index (κ3) is 3.57. The first-order chi connectivity index (χ1) is 10.2. The predicted molar refractivity (Wildman–Crippen MR) is 78.5 cm³/mol. The highest BCUT2D eigenvalue weighted by Crippen LogP contribution is 2.33. The molecule has 0 spiro atoms. The molecular weight excluding hydrogens is 340 g/mol. The number of ether oxygens (including phenoxy) is 2. The summed E-state index contributed by atoms with van der Waals surface area (Å²) in [5, 5.41) is 11.4. The summed E-state index contributed by atoms with van der Waals surface area (Å²) in [6.07, 6.45) is 1.67. The van der Waals surface area contributed by atoms with Crippen molar-refractivity contribution in [1.82, 2.24) is 20.2 Å². The van der Waals surface area contributed by atoms with Crippen LogP contribution >= 0.6 is 15.9 Å². The summed E-state index contributed by atoms with van der Waals surface area (Å²) in [7, 11) is 1.54. The lowest BCUT2D eigenvalue weighted by Crippen LogP contribution is -2.09. The first-order valence-electron chi connectivity index (χ1n) is 6.40. The molecule has 0 bridgehead atoms. The van der Waals surface area contributed by atoms with E-state index in [1.807, 2.05) is 6.92 Å². The van der Waals surface area contributed by atoms with Crippen LogP contribution in [0, 0.1) is 0 Å². The van der Waals surface area contributed by atoms with Gasteiger partial charge in [-0.05, 0) is 44.9 Å². The SMILES string of the molecule is CCCn1nnnc1COc1cc(C=O)c(Br)cc1OC. The molecule has 0 saturated carbocycles. The quantitative estimate of drug-likeness (QED) is 0.709. The number of carbonyl (C=O) groups excluding carboxylic acids is 1. The van der Waals surface area contributed by atoms with Crippen molar-refractivity contribution in [2.24, 2.45) is 0 Å². The van der Waals surface area contributed by atoms with Crippen LogP contribution < -0.4 is 9.47 Å². The highest BCUT2D eigenvalue weighted by molar-refractivity contribution is 9.10. The van der Waals surface area contributed by atoms with Crippen molar-refractivity contribution in [3.05, 3.63) is 28.0 Å². The van der Waals surface area contributed by atoms with Gasteiger partial charge in [-0.15, -0.1) is 5.10 Å². The van der Waals surface area contributed by atoms with E-state index in [4.69, 9.17) is 9.47 Å². The summed E-state index contributed by atoms with van der Waals surface area (Å²) in [6.45, 7) is 2.96. The first-order valence-corrected chi connectivity index (χ1v) is 7.19. The molecule has 1 heterocycles. The van der Waals surface area contributed by atoms with Gasteiger partial charge in [0.25, 0.3) is 0 Å². The van der Waals surface area contributed by atoms with Gasteiger partial charge >= 0.3 is 0 Å². The second kappa shape index (κ2) is 7.16. The van der Waals surface area contributed by atoms with E-state index in [0.717, 1.165) is 19.3 Å². The van der Waals surface area contributed by atoms with Gasteiger partial charge in [0.1, 0.15) is 6.61 Å². The van der Waals surface area contributed by atoms with Crippen LogP contribution in [0.25, 0.3) is 0 Å². The topological polar surface area (TPSA) is 79.1 Å². The van der Waals surface area contributed by atoms with Gasteiger partial charge < -0.3 is 9.47 Å². The molecule has 0 N–H and O–H groups in total. The minimum atomic E-state index is 0.198. The molecule has 0 fully saturated rings. The maximum Gasteiger partial charge on any atom is 0.189 e. The molecule has 1 aromatic heterocycles. The molecule has 0 aliphatic rings. The van der Waals surface area contributed by atoms with Crippen molar-refractivity contribution >= 4 is 22.2 Å². The van der Waals surface area contributed by atoms with Crippen LogP contribution in [0.4, 0.5) is 0 Å². The van der Waals surface area contributed by atoms with Gasteiger partial charge in [0.15, 0.2) is 23.6 Å². The molecule has 112 valence electrons. The zero-order chi connectivity index (χ0) is 15.2. The van der Waals surface area contributed by atoms with Gasteiger partial charge in [0.2, 0.25) is 0 Å². The molecule has 1 aromatic carbocycles. The lowest BCUT2D eigenvalue weighted by Gasteiger charge is -2.12. The Bertz CT molecular complexity index is 630. The minimum absolute atomic E-state index is 0.198. The Morgan fingerprint density at radius 3 is 2.86 bits per heavy atom.